The molecular formula is C12H17N5O. The second-order valence-corrected chi connectivity index (χ2v) is 4.31. The molecule has 1 unspecified atom stereocenters. The van der Waals surface area contributed by atoms with Crippen LogP contribution in [-0.4, -0.2) is 26.7 Å². The van der Waals surface area contributed by atoms with Gasteiger partial charge in [0.1, 0.15) is 0 Å². The molecular weight excluding hydrogens is 230 g/mol. The predicted octanol–water partition coefficient (Wildman–Crippen LogP) is 0.953. The van der Waals surface area contributed by atoms with Crippen molar-refractivity contribution in [3.63, 3.8) is 0 Å². The van der Waals surface area contributed by atoms with Crippen LogP contribution in [0.25, 0.3) is 11.0 Å². The Morgan fingerprint density at radius 3 is 3.00 bits per heavy atom. The second kappa shape index (κ2) is 4.73. The van der Waals surface area contributed by atoms with E-state index in [0.29, 0.717) is 12.1 Å². The molecule has 0 bridgehead atoms. The fraction of sp³-hybridized carbons (Fsp3) is 0.417. The van der Waals surface area contributed by atoms with E-state index < -0.39 is 6.04 Å². The number of amides is 1. The van der Waals surface area contributed by atoms with Crippen LogP contribution in [0.1, 0.15) is 19.0 Å². The maximum atomic E-state index is 11.7. The summed E-state index contributed by atoms with van der Waals surface area (Å²) in [5.41, 5.74) is 7.99. The fourth-order valence-corrected chi connectivity index (χ4v) is 1.80. The quantitative estimate of drug-likeness (QED) is 0.845. The Morgan fingerprint density at radius 2 is 2.33 bits per heavy atom. The third-order valence-corrected chi connectivity index (χ3v) is 2.91. The molecule has 0 saturated heterocycles. The van der Waals surface area contributed by atoms with E-state index in [0.717, 1.165) is 16.7 Å². The Bertz CT molecular complexity index is 589. The molecule has 0 fully saturated rings. The van der Waals surface area contributed by atoms with Gasteiger partial charge in [-0.2, -0.15) is 5.10 Å². The first-order chi connectivity index (χ1) is 8.52. The normalized spacial score (nSPS) is 12.7. The molecule has 6 heteroatoms. The summed E-state index contributed by atoms with van der Waals surface area (Å²) in [4.78, 5) is 16.0. The van der Waals surface area contributed by atoms with Crippen molar-refractivity contribution >= 4 is 22.6 Å². The summed E-state index contributed by atoms with van der Waals surface area (Å²) < 4.78 is 1.72. The largest absolute Gasteiger partial charge is 0.323 e. The summed E-state index contributed by atoms with van der Waals surface area (Å²) in [5.74, 6) is -0.194. The van der Waals surface area contributed by atoms with E-state index in [1.807, 2.05) is 27.0 Å². The van der Waals surface area contributed by atoms with E-state index in [9.17, 15) is 4.79 Å². The van der Waals surface area contributed by atoms with Gasteiger partial charge in [0.25, 0.3) is 0 Å². The number of pyridine rings is 1. The molecule has 96 valence electrons. The molecule has 0 radical (unpaired) electrons. The lowest BCUT2D eigenvalue weighted by molar-refractivity contribution is -0.117. The number of nitrogens with zero attached hydrogens (tertiary/aromatic N) is 3. The van der Waals surface area contributed by atoms with Crippen LogP contribution in [0.4, 0.5) is 5.69 Å². The molecule has 0 spiro atoms. The Labute approximate surface area is 105 Å². The van der Waals surface area contributed by atoms with Crippen molar-refractivity contribution in [2.75, 3.05) is 5.32 Å². The van der Waals surface area contributed by atoms with Crippen molar-refractivity contribution in [3.8, 4) is 0 Å². The van der Waals surface area contributed by atoms with Crippen LogP contribution in [0.3, 0.4) is 0 Å². The Balaban J connectivity index is 2.30. The zero-order valence-electron chi connectivity index (χ0n) is 10.8. The minimum absolute atomic E-state index is 0.194. The minimum atomic E-state index is -0.490. The van der Waals surface area contributed by atoms with Crippen LogP contribution in [0.5, 0.6) is 0 Å². The molecule has 1 amide bonds. The highest BCUT2D eigenvalue weighted by atomic mass is 16.2. The van der Waals surface area contributed by atoms with E-state index in [4.69, 9.17) is 5.73 Å². The van der Waals surface area contributed by atoms with Gasteiger partial charge in [0, 0.05) is 12.4 Å². The smallest absolute Gasteiger partial charge is 0.241 e. The average Bonchev–Trinajstić information content (AvgIpc) is 2.63. The highest BCUT2D eigenvalue weighted by Gasteiger charge is 2.12. The Kier molecular flexibility index (Phi) is 3.29. The number of hydrogen-bond acceptors (Lipinski definition) is 4. The molecule has 2 aromatic heterocycles. The maximum absolute atomic E-state index is 11.7. The molecule has 0 aliphatic heterocycles. The van der Waals surface area contributed by atoms with E-state index in [-0.39, 0.29) is 5.91 Å². The Morgan fingerprint density at radius 1 is 1.61 bits per heavy atom. The molecule has 0 aliphatic rings. The number of nitrogens with two attached hydrogens (primary N) is 1. The van der Waals surface area contributed by atoms with Crippen LogP contribution in [0, 0.1) is 6.92 Å². The number of aromatic nitrogens is 3. The molecule has 18 heavy (non-hydrogen) atoms. The summed E-state index contributed by atoms with van der Waals surface area (Å²) in [5, 5.41) is 7.97. The van der Waals surface area contributed by atoms with Gasteiger partial charge < -0.3 is 11.1 Å². The number of anilines is 1. The van der Waals surface area contributed by atoms with Gasteiger partial charge in [-0.05, 0) is 19.4 Å². The molecule has 2 rings (SSSR count). The Hall–Kier alpha value is -1.95. The molecule has 0 aromatic carbocycles. The van der Waals surface area contributed by atoms with Gasteiger partial charge >= 0.3 is 0 Å². The van der Waals surface area contributed by atoms with Crippen LogP contribution in [-0.2, 0) is 11.8 Å². The predicted molar refractivity (Wildman–Crippen MR) is 70.1 cm³/mol. The van der Waals surface area contributed by atoms with Crippen molar-refractivity contribution in [1.29, 1.82) is 0 Å². The lowest BCUT2D eigenvalue weighted by Crippen LogP contribution is -2.34. The van der Waals surface area contributed by atoms with Crippen molar-refractivity contribution in [2.24, 2.45) is 12.8 Å². The van der Waals surface area contributed by atoms with Gasteiger partial charge in [0.2, 0.25) is 5.91 Å². The number of carbonyl (C=O) groups excluding carboxylic acids is 1. The monoisotopic (exact) mass is 247 g/mol. The summed E-state index contributed by atoms with van der Waals surface area (Å²) in [6, 6.07) is 1.38. The maximum Gasteiger partial charge on any atom is 0.241 e. The summed E-state index contributed by atoms with van der Waals surface area (Å²) in [7, 11) is 1.84. The second-order valence-electron chi connectivity index (χ2n) is 4.31. The van der Waals surface area contributed by atoms with E-state index in [1.54, 1.807) is 10.9 Å². The van der Waals surface area contributed by atoms with Gasteiger partial charge in [-0.3, -0.25) is 9.48 Å². The van der Waals surface area contributed by atoms with Crippen LogP contribution < -0.4 is 11.1 Å². The standard InChI is InChI=1S/C12H17N5O/c1-4-10(13)12(18)15-8-5-9-7(2)16-17(3)11(9)14-6-8/h5-6,10H,4,13H2,1-3H3,(H,15,18). The first kappa shape index (κ1) is 12.5. The van der Waals surface area contributed by atoms with Crippen LogP contribution in [0.2, 0.25) is 0 Å². The first-order valence-corrected chi connectivity index (χ1v) is 5.88. The van der Waals surface area contributed by atoms with Gasteiger partial charge in [-0.15, -0.1) is 0 Å². The van der Waals surface area contributed by atoms with Crippen molar-refractivity contribution in [3.05, 3.63) is 18.0 Å². The van der Waals surface area contributed by atoms with Crippen LogP contribution in [0.15, 0.2) is 12.3 Å². The lowest BCUT2D eigenvalue weighted by atomic mass is 10.2. The van der Waals surface area contributed by atoms with E-state index in [1.165, 1.54) is 0 Å². The van der Waals surface area contributed by atoms with Gasteiger partial charge in [-0.1, -0.05) is 6.92 Å². The van der Waals surface area contributed by atoms with Gasteiger partial charge in [-0.25, -0.2) is 4.98 Å². The molecule has 0 saturated carbocycles. The summed E-state index contributed by atoms with van der Waals surface area (Å²) >= 11 is 0. The number of carbonyl (C=O) groups is 1. The highest BCUT2D eigenvalue weighted by molar-refractivity contribution is 5.96. The molecule has 3 N–H and O–H groups in total. The fourth-order valence-electron chi connectivity index (χ4n) is 1.80. The SMILES string of the molecule is CCC(N)C(=O)Nc1cnc2c(c1)c(C)nn2C. The zero-order chi connectivity index (χ0) is 13.3. The number of aryl methyl sites for hydroxylation is 2. The molecule has 2 heterocycles. The van der Waals surface area contributed by atoms with Crippen molar-refractivity contribution < 1.29 is 4.79 Å². The number of hydrogen-bond donors (Lipinski definition) is 2. The molecule has 6 nitrogen and oxygen atoms in total. The topological polar surface area (TPSA) is 85.8 Å². The minimum Gasteiger partial charge on any atom is -0.323 e. The number of nitrogens with one attached hydrogen (secondary N) is 1. The van der Waals surface area contributed by atoms with E-state index in [2.05, 4.69) is 15.4 Å². The molecule has 2 aromatic rings. The van der Waals surface area contributed by atoms with Gasteiger partial charge in [0.05, 0.1) is 23.6 Å². The van der Waals surface area contributed by atoms with Crippen molar-refractivity contribution in [1.82, 2.24) is 14.8 Å². The average molecular weight is 247 g/mol. The molecule has 0 aliphatic carbocycles. The first-order valence-electron chi connectivity index (χ1n) is 5.88. The molecule has 1 atom stereocenters. The third kappa shape index (κ3) is 2.19. The van der Waals surface area contributed by atoms with Crippen molar-refractivity contribution in [2.45, 2.75) is 26.3 Å². The summed E-state index contributed by atoms with van der Waals surface area (Å²) in [6.07, 6.45) is 2.22. The van der Waals surface area contributed by atoms with Gasteiger partial charge in [0.15, 0.2) is 5.65 Å². The zero-order valence-corrected chi connectivity index (χ0v) is 10.8. The highest BCUT2D eigenvalue weighted by Crippen LogP contribution is 2.19. The lowest BCUT2D eigenvalue weighted by Gasteiger charge is -2.09. The number of fused-ring (bicyclic) bond motifs is 1. The third-order valence-electron chi connectivity index (χ3n) is 2.91. The summed E-state index contributed by atoms with van der Waals surface area (Å²) in [6.45, 7) is 3.78. The number of rotatable bonds is 3. The van der Waals surface area contributed by atoms with Crippen LogP contribution >= 0.6 is 0 Å². The van der Waals surface area contributed by atoms with E-state index >= 15 is 0 Å².